The van der Waals surface area contributed by atoms with Crippen LogP contribution in [0.3, 0.4) is 0 Å². The summed E-state index contributed by atoms with van der Waals surface area (Å²) in [5.41, 5.74) is 0. The Morgan fingerprint density at radius 3 is 1.31 bits per heavy atom. The number of unbranched alkanes of at least 4 members (excludes halogenated alkanes) is 4. The molecule has 0 saturated carbocycles. The molecule has 36 heavy (non-hydrogen) atoms. The summed E-state index contributed by atoms with van der Waals surface area (Å²) in [6.45, 7) is 7.51. The molecule has 0 aromatic heterocycles. The van der Waals surface area contributed by atoms with Gasteiger partial charge in [-0.1, -0.05) is 46.5 Å². The molecular formula is C26H46O8S2. The summed E-state index contributed by atoms with van der Waals surface area (Å²) < 4.78 is 20.5. The summed E-state index contributed by atoms with van der Waals surface area (Å²) in [4.78, 5) is 47.1. The van der Waals surface area contributed by atoms with Crippen LogP contribution in [0, 0.1) is 5.92 Å². The predicted octanol–water partition coefficient (Wildman–Crippen LogP) is 5.11. The average molecular weight is 551 g/mol. The molecule has 8 nitrogen and oxygen atoms in total. The van der Waals surface area contributed by atoms with Crippen LogP contribution < -0.4 is 0 Å². The van der Waals surface area contributed by atoms with Gasteiger partial charge in [-0.05, 0) is 44.4 Å². The first-order valence-corrected chi connectivity index (χ1v) is 14.2. The number of carbonyl (C=O) groups excluding carboxylic acids is 4. The smallest absolute Gasteiger partial charge is 0.319 e. The van der Waals surface area contributed by atoms with Gasteiger partial charge in [0.15, 0.2) is 0 Å². The van der Waals surface area contributed by atoms with Crippen molar-refractivity contribution in [2.45, 2.75) is 108 Å². The van der Waals surface area contributed by atoms with Crippen LogP contribution in [-0.4, -0.2) is 60.8 Å². The third-order valence-electron chi connectivity index (χ3n) is 5.46. The highest BCUT2D eigenvalue weighted by Crippen LogP contribution is 2.16. The lowest BCUT2D eigenvalue weighted by atomic mass is 9.98. The van der Waals surface area contributed by atoms with Gasteiger partial charge in [0, 0.05) is 0 Å². The minimum absolute atomic E-state index is 0.0851. The molecule has 0 radical (unpaired) electrons. The number of ether oxygens (including phenoxy) is 4. The highest BCUT2D eigenvalue weighted by Gasteiger charge is 2.21. The van der Waals surface area contributed by atoms with E-state index in [1.54, 1.807) is 0 Å². The van der Waals surface area contributed by atoms with Gasteiger partial charge in [-0.25, -0.2) is 0 Å². The number of carbonyl (C=O) groups is 4. The SMILES string of the molecule is CCCCOC(=O)CC(S)C(=O)OCCCCC(C)CCCCOC(=O)C(S)CC(=O)OCCCC. The third kappa shape index (κ3) is 19.7. The number of hydrogen-bond acceptors (Lipinski definition) is 10. The first-order valence-electron chi connectivity index (χ1n) is 13.2. The summed E-state index contributed by atoms with van der Waals surface area (Å²) in [6, 6.07) is 0. The van der Waals surface area contributed by atoms with Gasteiger partial charge in [-0.2, -0.15) is 25.3 Å². The highest BCUT2D eigenvalue weighted by atomic mass is 32.1. The van der Waals surface area contributed by atoms with Gasteiger partial charge in [0.1, 0.15) is 10.5 Å². The third-order valence-corrected chi connectivity index (χ3v) is 6.24. The van der Waals surface area contributed by atoms with Gasteiger partial charge in [-0.3, -0.25) is 19.2 Å². The molecule has 0 spiro atoms. The van der Waals surface area contributed by atoms with Crippen LogP contribution in [0.5, 0.6) is 0 Å². The molecule has 2 unspecified atom stereocenters. The van der Waals surface area contributed by atoms with Gasteiger partial charge < -0.3 is 18.9 Å². The van der Waals surface area contributed by atoms with Crippen LogP contribution in [0.1, 0.15) is 97.8 Å². The van der Waals surface area contributed by atoms with Crippen LogP contribution >= 0.6 is 25.3 Å². The molecule has 10 heteroatoms. The lowest BCUT2D eigenvalue weighted by molar-refractivity contribution is -0.149. The molecule has 0 bridgehead atoms. The van der Waals surface area contributed by atoms with Crippen LogP contribution in [0.15, 0.2) is 0 Å². The van der Waals surface area contributed by atoms with E-state index in [-0.39, 0.29) is 12.8 Å². The Labute approximate surface area is 227 Å². The maximum Gasteiger partial charge on any atom is 0.319 e. The first-order chi connectivity index (χ1) is 17.2. The Morgan fingerprint density at radius 1 is 0.583 bits per heavy atom. The first kappa shape index (κ1) is 34.6. The van der Waals surface area contributed by atoms with E-state index >= 15 is 0 Å². The summed E-state index contributed by atoms with van der Waals surface area (Å²) in [6.07, 6.45) is 8.66. The van der Waals surface area contributed by atoms with Crippen molar-refractivity contribution in [2.24, 2.45) is 5.92 Å². The minimum atomic E-state index is -0.801. The zero-order chi connectivity index (χ0) is 27.2. The molecule has 2 atom stereocenters. The van der Waals surface area contributed by atoms with Crippen LogP contribution in [0.4, 0.5) is 0 Å². The summed E-state index contributed by atoms with van der Waals surface area (Å²) in [5, 5.41) is -1.60. The fraction of sp³-hybridized carbons (Fsp3) is 0.846. The van der Waals surface area contributed by atoms with Crippen molar-refractivity contribution in [3.05, 3.63) is 0 Å². The van der Waals surface area contributed by atoms with Crippen molar-refractivity contribution in [1.82, 2.24) is 0 Å². The van der Waals surface area contributed by atoms with Crippen molar-refractivity contribution < 1.29 is 38.1 Å². The summed E-state index contributed by atoms with van der Waals surface area (Å²) in [7, 11) is 0. The fourth-order valence-corrected chi connectivity index (χ4v) is 3.58. The van der Waals surface area contributed by atoms with E-state index in [4.69, 9.17) is 18.9 Å². The molecule has 0 rings (SSSR count). The Bertz CT molecular complexity index is 577. The Kier molecular flexibility index (Phi) is 21.9. The lowest BCUT2D eigenvalue weighted by Gasteiger charge is -2.13. The van der Waals surface area contributed by atoms with Crippen LogP contribution in [0.25, 0.3) is 0 Å². The Hall–Kier alpha value is -1.42. The molecule has 0 aliphatic carbocycles. The van der Waals surface area contributed by atoms with E-state index in [1.807, 2.05) is 13.8 Å². The quantitative estimate of drug-likeness (QED) is 0.0829. The second-order valence-electron chi connectivity index (χ2n) is 9.02. The zero-order valence-electron chi connectivity index (χ0n) is 22.2. The number of esters is 4. The molecular weight excluding hydrogens is 504 g/mol. The van der Waals surface area contributed by atoms with Crippen molar-refractivity contribution in [3.63, 3.8) is 0 Å². The summed E-state index contributed by atoms with van der Waals surface area (Å²) in [5.74, 6) is -1.35. The standard InChI is InChI=1S/C26H46O8S2/c1-4-6-14-31-23(27)18-21(35)25(29)33-16-10-8-12-20(3)13-9-11-17-34-26(30)22(36)19-24(28)32-15-7-5-2/h20-22,35-36H,4-19H2,1-3H3. The molecule has 210 valence electrons. The molecule has 0 aromatic carbocycles. The number of rotatable bonds is 22. The largest absolute Gasteiger partial charge is 0.466 e. The summed E-state index contributed by atoms with van der Waals surface area (Å²) >= 11 is 8.29. The van der Waals surface area contributed by atoms with E-state index in [9.17, 15) is 19.2 Å². The second-order valence-corrected chi connectivity index (χ2v) is 10.3. The Balaban J connectivity index is 3.75. The van der Waals surface area contributed by atoms with Gasteiger partial charge >= 0.3 is 23.9 Å². The van der Waals surface area contributed by atoms with E-state index in [0.717, 1.165) is 64.2 Å². The van der Waals surface area contributed by atoms with Gasteiger partial charge in [0.25, 0.3) is 0 Å². The molecule has 0 aliphatic heterocycles. The van der Waals surface area contributed by atoms with E-state index in [0.29, 0.717) is 32.3 Å². The van der Waals surface area contributed by atoms with E-state index in [1.165, 1.54) is 0 Å². The zero-order valence-corrected chi connectivity index (χ0v) is 24.0. The predicted molar refractivity (Wildman–Crippen MR) is 145 cm³/mol. The normalized spacial score (nSPS) is 13.4. The van der Waals surface area contributed by atoms with Crippen LogP contribution in [-0.2, 0) is 38.1 Å². The lowest BCUT2D eigenvalue weighted by Crippen LogP contribution is -2.23. The van der Waals surface area contributed by atoms with Crippen molar-refractivity contribution in [3.8, 4) is 0 Å². The average Bonchev–Trinajstić information content (AvgIpc) is 2.83. The highest BCUT2D eigenvalue weighted by molar-refractivity contribution is 7.82. The molecule has 0 amide bonds. The number of thiol groups is 2. The fourth-order valence-electron chi connectivity index (χ4n) is 3.13. The van der Waals surface area contributed by atoms with Gasteiger partial charge in [-0.15, -0.1) is 0 Å². The van der Waals surface area contributed by atoms with Crippen molar-refractivity contribution in [1.29, 1.82) is 0 Å². The molecule has 0 saturated heterocycles. The van der Waals surface area contributed by atoms with Crippen molar-refractivity contribution in [2.75, 3.05) is 26.4 Å². The molecule has 0 N–H and O–H groups in total. The van der Waals surface area contributed by atoms with Crippen LogP contribution in [0.2, 0.25) is 0 Å². The monoisotopic (exact) mass is 550 g/mol. The van der Waals surface area contributed by atoms with Gasteiger partial charge in [0.05, 0.1) is 39.3 Å². The molecule has 0 aromatic rings. The van der Waals surface area contributed by atoms with Gasteiger partial charge in [0.2, 0.25) is 0 Å². The molecule has 0 heterocycles. The second kappa shape index (κ2) is 22.8. The molecule has 0 aliphatic rings. The Morgan fingerprint density at radius 2 is 0.944 bits per heavy atom. The topological polar surface area (TPSA) is 105 Å². The van der Waals surface area contributed by atoms with E-state index in [2.05, 4.69) is 32.2 Å². The maximum absolute atomic E-state index is 11.9. The molecule has 0 fully saturated rings. The number of hydrogen-bond donors (Lipinski definition) is 2. The maximum atomic E-state index is 11.9. The van der Waals surface area contributed by atoms with E-state index < -0.39 is 34.4 Å². The van der Waals surface area contributed by atoms with Crippen molar-refractivity contribution >= 4 is 49.1 Å². The minimum Gasteiger partial charge on any atom is -0.466 e.